The summed E-state index contributed by atoms with van der Waals surface area (Å²) >= 11 is 0. The summed E-state index contributed by atoms with van der Waals surface area (Å²) in [5.41, 5.74) is 1.63. The van der Waals surface area contributed by atoms with E-state index < -0.39 is 5.60 Å². The van der Waals surface area contributed by atoms with E-state index in [9.17, 15) is 5.11 Å². The fourth-order valence-corrected chi connectivity index (χ4v) is 2.57. The summed E-state index contributed by atoms with van der Waals surface area (Å²) < 4.78 is 0. The number of nitrogens with one attached hydrogen (secondary N) is 1. The minimum atomic E-state index is -0.544. The van der Waals surface area contributed by atoms with Crippen LogP contribution in [0.3, 0.4) is 0 Å². The van der Waals surface area contributed by atoms with Crippen LogP contribution in [0.4, 0.5) is 5.69 Å². The predicted molar refractivity (Wildman–Crippen MR) is 73.5 cm³/mol. The molecule has 0 aliphatic carbocycles. The number of piperidine rings is 1. The molecule has 100 valence electrons. The van der Waals surface area contributed by atoms with Crippen LogP contribution >= 0.6 is 0 Å². The van der Waals surface area contributed by atoms with E-state index in [1.807, 2.05) is 19.2 Å². The molecule has 2 heterocycles. The Balaban J connectivity index is 1.98. The largest absolute Gasteiger partial charge is 0.389 e. The lowest BCUT2D eigenvalue weighted by Crippen LogP contribution is -2.45. The van der Waals surface area contributed by atoms with Gasteiger partial charge in [-0.25, -0.2) is 0 Å². The number of anilines is 1. The zero-order valence-corrected chi connectivity index (χ0v) is 11.3. The average molecular weight is 249 g/mol. The van der Waals surface area contributed by atoms with E-state index >= 15 is 0 Å². The molecular formula is C14H23N3O. The zero-order valence-electron chi connectivity index (χ0n) is 11.3. The Labute approximate surface area is 109 Å². The van der Waals surface area contributed by atoms with Crippen molar-refractivity contribution < 1.29 is 5.11 Å². The van der Waals surface area contributed by atoms with E-state index in [1.54, 1.807) is 0 Å². The van der Waals surface area contributed by atoms with Gasteiger partial charge in [0.1, 0.15) is 0 Å². The van der Waals surface area contributed by atoms with Crippen LogP contribution in [-0.2, 0) is 6.54 Å². The van der Waals surface area contributed by atoms with Gasteiger partial charge >= 0.3 is 0 Å². The molecule has 18 heavy (non-hydrogen) atoms. The van der Waals surface area contributed by atoms with E-state index in [4.69, 9.17) is 0 Å². The topological polar surface area (TPSA) is 48.4 Å². The molecule has 1 unspecified atom stereocenters. The fraction of sp³-hybridized carbons (Fsp3) is 0.643. The Morgan fingerprint density at radius 3 is 3.11 bits per heavy atom. The van der Waals surface area contributed by atoms with Crippen molar-refractivity contribution in [1.29, 1.82) is 0 Å². The standard InChI is InChI=1S/C14H23N3O/c1-3-15-12-5-7-16-13(9-12)10-17-8-4-6-14(2,18)11-17/h5,7,9,18H,3-4,6,8,10-11H2,1-2H3,(H,15,16). The highest BCUT2D eigenvalue weighted by atomic mass is 16.3. The number of pyridine rings is 1. The third-order valence-corrected chi connectivity index (χ3v) is 3.34. The van der Waals surface area contributed by atoms with Crippen molar-refractivity contribution >= 4 is 5.69 Å². The van der Waals surface area contributed by atoms with Crippen molar-refractivity contribution in [2.45, 2.75) is 38.8 Å². The number of β-amino-alcohol motifs (C(OH)–C–C–N with tert-alkyl or cyclic N) is 1. The van der Waals surface area contributed by atoms with Gasteiger partial charge in [-0.3, -0.25) is 9.88 Å². The van der Waals surface area contributed by atoms with Gasteiger partial charge in [-0.2, -0.15) is 0 Å². The quantitative estimate of drug-likeness (QED) is 0.855. The lowest BCUT2D eigenvalue weighted by molar-refractivity contribution is -0.0184. The molecule has 0 aromatic carbocycles. The molecule has 1 saturated heterocycles. The Hall–Kier alpha value is -1.13. The third-order valence-electron chi connectivity index (χ3n) is 3.34. The van der Waals surface area contributed by atoms with Crippen molar-refractivity contribution in [3.63, 3.8) is 0 Å². The summed E-state index contributed by atoms with van der Waals surface area (Å²) in [5.74, 6) is 0. The van der Waals surface area contributed by atoms with Gasteiger partial charge in [0, 0.05) is 31.5 Å². The number of aliphatic hydroxyl groups is 1. The molecule has 1 atom stereocenters. The molecule has 1 aromatic rings. The summed E-state index contributed by atoms with van der Waals surface area (Å²) in [6.07, 6.45) is 3.80. The molecule has 1 aliphatic heterocycles. The Bertz CT molecular complexity index is 392. The second-order valence-corrected chi connectivity index (χ2v) is 5.38. The maximum Gasteiger partial charge on any atom is 0.0746 e. The van der Waals surface area contributed by atoms with Crippen LogP contribution in [0.1, 0.15) is 32.4 Å². The average Bonchev–Trinajstić information content (AvgIpc) is 2.28. The monoisotopic (exact) mass is 249 g/mol. The molecule has 2 N–H and O–H groups in total. The summed E-state index contributed by atoms with van der Waals surface area (Å²) in [4.78, 5) is 6.68. The predicted octanol–water partition coefficient (Wildman–Crippen LogP) is 1.86. The number of rotatable bonds is 4. The van der Waals surface area contributed by atoms with Crippen LogP contribution in [0.15, 0.2) is 18.3 Å². The molecule has 1 fully saturated rings. The summed E-state index contributed by atoms with van der Waals surface area (Å²) in [6.45, 7) is 7.52. The minimum Gasteiger partial charge on any atom is -0.389 e. The highest BCUT2D eigenvalue weighted by molar-refractivity contribution is 5.42. The number of nitrogens with zero attached hydrogens (tertiary/aromatic N) is 2. The van der Waals surface area contributed by atoms with Gasteiger partial charge < -0.3 is 10.4 Å². The minimum absolute atomic E-state index is 0.544. The van der Waals surface area contributed by atoms with E-state index in [0.29, 0.717) is 0 Å². The molecule has 4 nitrogen and oxygen atoms in total. The molecule has 0 spiro atoms. The van der Waals surface area contributed by atoms with Crippen molar-refractivity contribution in [1.82, 2.24) is 9.88 Å². The first-order valence-electron chi connectivity index (χ1n) is 6.72. The van der Waals surface area contributed by atoms with E-state index in [0.717, 1.165) is 50.4 Å². The second kappa shape index (κ2) is 5.67. The maximum atomic E-state index is 10.1. The van der Waals surface area contributed by atoms with Crippen molar-refractivity contribution in [3.05, 3.63) is 24.0 Å². The summed E-state index contributed by atoms with van der Waals surface area (Å²) in [7, 11) is 0. The number of hydrogen-bond acceptors (Lipinski definition) is 4. The molecule has 2 rings (SSSR count). The highest BCUT2D eigenvalue weighted by Crippen LogP contribution is 2.21. The molecule has 0 saturated carbocycles. The van der Waals surface area contributed by atoms with Gasteiger partial charge in [0.15, 0.2) is 0 Å². The van der Waals surface area contributed by atoms with Crippen molar-refractivity contribution in [2.75, 3.05) is 25.0 Å². The summed E-state index contributed by atoms with van der Waals surface area (Å²) in [6, 6.07) is 4.08. The summed E-state index contributed by atoms with van der Waals surface area (Å²) in [5, 5.41) is 13.4. The fourth-order valence-electron chi connectivity index (χ4n) is 2.57. The van der Waals surface area contributed by atoms with E-state index in [1.165, 1.54) is 0 Å². The van der Waals surface area contributed by atoms with Crippen LogP contribution in [0.5, 0.6) is 0 Å². The first kappa shape index (κ1) is 13.3. The number of likely N-dealkylation sites (tertiary alicyclic amines) is 1. The smallest absolute Gasteiger partial charge is 0.0746 e. The zero-order chi connectivity index (χ0) is 13.0. The van der Waals surface area contributed by atoms with Crippen molar-refractivity contribution in [3.8, 4) is 0 Å². The van der Waals surface area contributed by atoms with Gasteiger partial charge in [-0.05, 0) is 45.4 Å². The van der Waals surface area contributed by atoms with Gasteiger partial charge in [-0.15, -0.1) is 0 Å². The number of hydrogen-bond donors (Lipinski definition) is 2. The lowest BCUT2D eigenvalue weighted by Gasteiger charge is -2.36. The molecular weight excluding hydrogens is 226 g/mol. The Morgan fingerprint density at radius 2 is 2.39 bits per heavy atom. The number of aromatic nitrogens is 1. The van der Waals surface area contributed by atoms with Crippen LogP contribution in [0, 0.1) is 0 Å². The molecule has 1 aliphatic rings. The lowest BCUT2D eigenvalue weighted by atomic mass is 9.95. The van der Waals surface area contributed by atoms with Gasteiger partial charge in [0.05, 0.1) is 11.3 Å². The molecule has 0 amide bonds. The van der Waals surface area contributed by atoms with Gasteiger partial charge in [0.25, 0.3) is 0 Å². The normalized spacial score (nSPS) is 25.1. The van der Waals surface area contributed by atoms with Crippen LogP contribution in [0.25, 0.3) is 0 Å². The van der Waals surface area contributed by atoms with Gasteiger partial charge in [0.2, 0.25) is 0 Å². The van der Waals surface area contributed by atoms with E-state index in [2.05, 4.69) is 28.2 Å². The third kappa shape index (κ3) is 3.68. The van der Waals surface area contributed by atoms with Gasteiger partial charge in [-0.1, -0.05) is 0 Å². The molecule has 0 radical (unpaired) electrons. The Morgan fingerprint density at radius 1 is 1.56 bits per heavy atom. The first-order valence-corrected chi connectivity index (χ1v) is 6.72. The van der Waals surface area contributed by atoms with Crippen LogP contribution in [-0.4, -0.2) is 40.2 Å². The van der Waals surface area contributed by atoms with E-state index in [-0.39, 0.29) is 0 Å². The van der Waals surface area contributed by atoms with Crippen molar-refractivity contribution in [2.24, 2.45) is 0 Å². The SMILES string of the molecule is CCNc1ccnc(CN2CCCC(C)(O)C2)c1. The Kier molecular flexibility index (Phi) is 4.19. The second-order valence-electron chi connectivity index (χ2n) is 5.38. The molecule has 4 heteroatoms. The maximum absolute atomic E-state index is 10.1. The molecule has 0 bridgehead atoms. The molecule has 1 aromatic heterocycles. The highest BCUT2D eigenvalue weighted by Gasteiger charge is 2.28. The van der Waals surface area contributed by atoms with Crippen LogP contribution in [0.2, 0.25) is 0 Å². The van der Waals surface area contributed by atoms with Crippen LogP contribution < -0.4 is 5.32 Å². The first-order chi connectivity index (χ1) is 8.59.